The number of esters is 1. The highest BCUT2D eigenvalue weighted by molar-refractivity contribution is 6.00. The maximum Gasteiger partial charge on any atom is 0.312 e. The maximum absolute atomic E-state index is 12.6. The number of amides is 2. The van der Waals surface area contributed by atoms with Crippen molar-refractivity contribution in [1.82, 2.24) is 0 Å². The Morgan fingerprint density at radius 3 is 2.55 bits per heavy atom. The Hall–Kier alpha value is -4.15. The molecule has 0 saturated carbocycles. The van der Waals surface area contributed by atoms with Gasteiger partial charge in [0.1, 0.15) is 13.2 Å². The van der Waals surface area contributed by atoms with Crippen molar-refractivity contribution in [3.05, 3.63) is 52.6 Å². The van der Waals surface area contributed by atoms with Gasteiger partial charge in [0.05, 0.1) is 10.8 Å². The van der Waals surface area contributed by atoms with Gasteiger partial charge in [-0.25, -0.2) is 0 Å². The van der Waals surface area contributed by atoms with Crippen molar-refractivity contribution in [2.75, 3.05) is 30.0 Å². The molecule has 0 radical (unpaired) electrons. The van der Waals surface area contributed by atoms with E-state index >= 15 is 0 Å². The maximum atomic E-state index is 12.6. The fourth-order valence-electron chi connectivity index (χ4n) is 3.55. The second-order valence-electron chi connectivity index (χ2n) is 7.61. The average Bonchev–Trinajstić information content (AvgIpc) is 3.20. The molecule has 0 spiro atoms. The minimum absolute atomic E-state index is 0.0377. The van der Waals surface area contributed by atoms with Crippen LogP contribution in [0.15, 0.2) is 42.5 Å². The molecule has 0 bridgehead atoms. The average molecular weight is 455 g/mol. The molecule has 1 N–H and O–H groups in total. The minimum atomic E-state index is -1.12. The van der Waals surface area contributed by atoms with Gasteiger partial charge < -0.3 is 24.4 Å². The summed E-state index contributed by atoms with van der Waals surface area (Å²) < 4.78 is 16.3. The van der Waals surface area contributed by atoms with Crippen LogP contribution in [0, 0.1) is 16.0 Å². The van der Waals surface area contributed by atoms with Gasteiger partial charge in [0.2, 0.25) is 5.91 Å². The van der Waals surface area contributed by atoms with Gasteiger partial charge in [-0.1, -0.05) is 0 Å². The van der Waals surface area contributed by atoms with Crippen molar-refractivity contribution in [3.8, 4) is 11.5 Å². The molecule has 33 heavy (non-hydrogen) atoms. The molecule has 1 fully saturated rings. The van der Waals surface area contributed by atoms with Crippen molar-refractivity contribution in [2.24, 2.45) is 5.92 Å². The Morgan fingerprint density at radius 1 is 1.15 bits per heavy atom. The van der Waals surface area contributed by atoms with Gasteiger partial charge in [-0.05, 0) is 31.2 Å². The molecule has 2 heterocycles. The molecule has 11 heteroatoms. The highest BCUT2D eigenvalue weighted by Crippen LogP contribution is 2.36. The first-order chi connectivity index (χ1) is 15.8. The summed E-state index contributed by atoms with van der Waals surface area (Å²) in [6.45, 7) is 2.40. The lowest BCUT2D eigenvalue weighted by atomic mass is 10.1. The molecular formula is C22H21N3O8. The summed E-state index contributed by atoms with van der Waals surface area (Å²) in [6.07, 6.45) is -1.16. The number of benzene rings is 2. The Labute approximate surface area is 188 Å². The summed E-state index contributed by atoms with van der Waals surface area (Å²) in [5.74, 6) is -1.08. The Morgan fingerprint density at radius 2 is 1.85 bits per heavy atom. The number of hydrogen-bond acceptors (Lipinski definition) is 8. The van der Waals surface area contributed by atoms with E-state index in [4.69, 9.17) is 14.2 Å². The molecule has 2 atom stereocenters. The van der Waals surface area contributed by atoms with Crippen molar-refractivity contribution in [1.29, 1.82) is 0 Å². The minimum Gasteiger partial charge on any atom is -0.486 e. The highest BCUT2D eigenvalue weighted by Gasteiger charge is 2.37. The zero-order chi connectivity index (χ0) is 23.5. The summed E-state index contributed by atoms with van der Waals surface area (Å²) >= 11 is 0. The number of nitro groups is 1. The third kappa shape index (κ3) is 4.86. The van der Waals surface area contributed by atoms with E-state index in [-0.39, 0.29) is 24.6 Å². The van der Waals surface area contributed by atoms with Gasteiger partial charge >= 0.3 is 5.97 Å². The number of nitro benzene ring substituents is 1. The molecule has 2 aromatic carbocycles. The van der Waals surface area contributed by atoms with Crippen molar-refractivity contribution < 1.29 is 33.5 Å². The van der Waals surface area contributed by atoms with Crippen LogP contribution in [0.1, 0.15) is 13.3 Å². The predicted octanol–water partition coefficient (Wildman–Crippen LogP) is 2.29. The van der Waals surface area contributed by atoms with E-state index in [2.05, 4.69) is 5.32 Å². The Bertz CT molecular complexity index is 1100. The highest BCUT2D eigenvalue weighted by atomic mass is 16.6. The quantitative estimate of drug-likeness (QED) is 0.398. The largest absolute Gasteiger partial charge is 0.486 e. The lowest BCUT2D eigenvalue weighted by Gasteiger charge is -2.22. The zero-order valence-electron chi connectivity index (χ0n) is 17.7. The Balaban J connectivity index is 1.34. The van der Waals surface area contributed by atoms with Crippen molar-refractivity contribution >= 4 is 34.8 Å². The molecule has 2 amide bonds. The van der Waals surface area contributed by atoms with Crippen molar-refractivity contribution in [3.63, 3.8) is 0 Å². The van der Waals surface area contributed by atoms with Gasteiger partial charge in [0.25, 0.3) is 11.6 Å². The first kappa shape index (κ1) is 22.1. The number of anilines is 2. The summed E-state index contributed by atoms with van der Waals surface area (Å²) in [6, 6.07) is 10.4. The molecule has 2 aliphatic rings. The monoisotopic (exact) mass is 455 g/mol. The van der Waals surface area contributed by atoms with Crippen LogP contribution in [0.4, 0.5) is 17.1 Å². The number of nitrogens with zero attached hydrogens (tertiary/aromatic N) is 2. The standard InChI is InChI=1S/C22H21N3O8/c1-13(21(27)23-15-2-4-16(5-3-15)25(29)30)33-22(28)14-10-20(26)24(12-14)17-6-7-18-19(11-17)32-9-8-31-18/h2-7,11,13-14H,8-10,12H2,1H3,(H,23,27). The van der Waals surface area contributed by atoms with Crippen LogP contribution in [0.25, 0.3) is 0 Å². The first-order valence-electron chi connectivity index (χ1n) is 10.3. The number of carbonyl (C=O) groups is 3. The fourth-order valence-corrected chi connectivity index (χ4v) is 3.55. The van der Waals surface area contributed by atoms with Crippen LogP contribution >= 0.6 is 0 Å². The normalized spacial score (nSPS) is 17.9. The summed E-state index contributed by atoms with van der Waals surface area (Å²) in [5.41, 5.74) is 0.804. The van der Waals surface area contributed by atoms with Crippen LogP contribution in [0.3, 0.4) is 0 Å². The molecular weight excluding hydrogens is 434 g/mol. The van der Waals surface area contributed by atoms with Crippen LogP contribution in [-0.4, -0.2) is 48.6 Å². The molecule has 1 saturated heterocycles. The number of non-ortho nitro benzene ring substituents is 1. The SMILES string of the molecule is CC(OC(=O)C1CC(=O)N(c2ccc3c(c2)OCCO3)C1)C(=O)Nc1ccc([N+](=O)[O-])cc1. The van der Waals surface area contributed by atoms with Crippen LogP contribution in [0.5, 0.6) is 11.5 Å². The van der Waals surface area contributed by atoms with Gasteiger partial charge in [-0.15, -0.1) is 0 Å². The number of rotatable bonds is 6. The predicted molar refractivity (Wildman–Crippen MR) is 115 cm³/mol. The zero-order valence-corrected chi connectivity index (χ0v) is 17.7. The van der Waals surface area contributed by atoms with Crippen LogP contribution in [0.2, 0.25) is 0 Å². The smallest absolute Gasteiger partial charge is 0.312 e. The molecule has 2 unspecified atom stereocenters. The lowest BCUT2D eigenvalue weighted by molar-refractivity contribution is -0.384. The molecule has 172 valence electrons. The summed E-state index contributed by atoms with van der Waals surface area (Å²) in [4.78, 5) is 49.1. The van der Waals surface area contributed by atoms with Gasteiger partial charge in [-0.3, -0.25) is 24.5 Å². The second kappa shape index (κ2) is 9.15. The van der Waals surface area contributed by atoms with E-state index in [0.717, 1.165) is 0 Å². The van der Waals surface area contributed by atoms with E-state index in [1.165, 1.54) is 36.1 Å². The Kier molecular flexibility index (Phi) is 6.11. The first-order valence-corrected chi connectivity index (χ1v) is 10.3. The van der Waals surface area contributed by atoms with E-state index in [1.807, 2.05) is 0 Å². The van der Waals surface area contributed by atoms with Gasteiger partial charge in [-0.2, -0.15) is 0 Å². The van der Waals surface area contributed by atoms with E-state index in [9.17, 15) is 24.5 Å². The van der Waals surface area contributed by atoms with Crippen LogP contribution in [-0.2, 0) is 19.1 Å². The molecule has 0 aromatic heterocycles. The lowest BCUT2D eigenvalue weighted by Crippen LogP contribution is -2.33. The van der Waals surface area contributed by atoms with Gasteiger partial charge in [0.15, 0.2) is 17.6 Å². The summed E-state index contributed by atoms with van der Waals surface area (Å²) in [5, 5.41) is 13.2. The molecule has 0 aliphatic carbocycles. The van der Waals surface area contributed by atoms with E-state index in [1.54, 1.807) is 18.2 Å². The molecule has 2 aromatic rings. The number of fused-ring (bicyclic) bond motifs is 1. The fraction of sp³-hybridized carbons (Fsp3) is 0.318. The number of ether oxygens (including phenoxy) is 3. The molecule has 4 rings (SSSR count). The van der Waals surface area contributed by atoms with Crippen LogP contribution < -0.4 is 19.7 Å². The molecule has 11 nitrogen and oxygen atoms in total. The van der Waals surface area contributed by atoms with Gasteiger partial charge in [0, 0.05) is 42.5 Å². The van der Waals surface area contributed by atoms with E-state index < -0.39 is 28.8 Å². The molecule has 2 aliphatic heterocycles. The third-order valence-electron chi connectivity index (χ3n) is 5.30. The topological polar surface area (TPSA) is 137 Å². The third-order valence-corrected chi connectivity index (χ3v) is 5.30. The second-order valence-corrected chi connectivity index (χ2v) is 7.61. The van der Waals surface area contributed by atoms with Crippen molar-refractivity contribution in [2.45, 2.75) is 19.4 Å². The van der Waals surface area contributed by atoms with E-state index in [0.29, 0.717) is 36.1 Å². The summed E-state index contributed by atoms with van der Waals surface area (Å²) in [7, 11) is 0. The number of carbonyl (C=O) groups excluding carboxylic acids is 3. The number of nitrogens with one attached hydrogen (secondary N) is 1. The number of hydrogen-bond donors (Lipinski definition) is 1.